The number of unbranched alkanes of at least 4 members (excludes halogenated alkanes) is 1. The summed E-state index contributed by atoms with van der Waals surface area (Å²) in [5.74, 6) is -7.88. The number of cyclic esters (lactones) is 4. The van der Waals surface area contributed by atoms with Gasteiger partial charge in [0.25, 0.3) is 0 Å². The molecule has 0 N–H and O–H groups in total. The van der Waals surface area contributed by atoms with Crippen LogP contribution in [-0.2, 0) is 114 Å². The molecule has 28 heteroatoms. The van der Waals surface area contributed by atoms with Crippen LogP contribution in [0.3, 0.4) is 0 Å². The second kappa shape index (κ2) is 36.8. The topological polar surface area (TPSA) is 368 Å². The number of ether oxygens (including phenoxy) is 12. The van der Waals surface area contributed by atoms with E-state index in [0.29, 0.717) is 116 Å². The molecule has 4 unspecified atom stereocenters. The monoisotopic (exact) mass is 1730 g/mol. The van der Waals surface area contributed by atoms with Crippen molar-refractivity contribution in [1.29, 1.82) is 0 Å². The van der Waals surface area contributed by atoms with Gasteiger partial charge in [0, 0.05) is 65.7 Å². The van der Waals surface area contributed by atoms with Gasteiger partial charge in [-0.1, -0.05) is 81.7 Å². The largest absolute Gasteiger partial charge is 0.472 e. The molecule has 8 saturated carbocycles. The molecule has 0 aromatic carbocycles. The number of ketones is 4. The zero-order chi connectivity index (χ0) is 89.6. The molecule has 16 rings (SSSR count). The molecule has 4 aliphatic heterocycles. The summed E-state index contributed by atoms with van der Waals surface area (Å²) in [7, 11) is 5.54. The summed E-state index contributed by atoms with van der Waals surface area (Å²) in [6.07, 6.45) is 20.0. The van der Waals surface area contributed by atoms with Crippen molar-refractivity contribution in [2.24, 2.45) is 114 Å². The van der Waals surface area contributed by atoms with E-state index in [0.717, 1.165) is 41.5 Å². The van der Waals surface area contributed by atoms with Gasteiger partial charge in [0.2, 0.25) is 0 Å². The van der Waals surface area contributed by atoms with Gasteiger partial charge in [-0.25, -0.2) is 0 Å². The molecule has 4 aromatic rings. The molecule has 124 heavy (non-hydrogen) atoms. The lowest BCUT2D eigenvalue weighted by Gasteiger charge is -2.61. The lowest BCUT2D eigenvalue weighted by atomic mass is 9.43. The summed E-state index contributed by atoms with van der Waals surface area (Å²) in [4.78, 5) is 159. The number of Topliss-reactive ketones (excluding diaryl/α,β-unsaturated/α-hetero) is 4. The SMILES string of the molecule is C=CCO[C@H]1C[C@@H](C(=O)OC)[C@]2(C)CC[C@H]3C(=O)O[C@H](c4ccoc4)C[C@]3(C)C2C1=O.CCCCO[C@H]1C[C@@H](C(=O)OC)[C@]2(C)CC[C@H]3C(=O)O[C@H](c4ccoc4)C[C@]3(C)C2C1=O.CCCO[C@H]1C[C@@H](C(=O)OC)[C@]2(C)CC[C@H]3C(=O)O[C@H](c4ccoc4)C[C@]3(C)C2C1=O.CCO[C@H]1C[C@@H](C(=O)OC)[C@]2(C)CC[C@H]3C(=O)O[C@H](c4ccoc4)C[C@]3(C)C2C1=O. The van der Waals surface area contributed by atoms with E-state index in [1.54, 1.807) is 80.4 Å². The van der Waals surface area contributed by atoms with E-state index in [1.807, 2.05) is 69.2 Å². The molecule has 4 saturated heterocycles. The Morgan fingerprint density at radius 1 is 0.371 bits per heavy atom. The summed E-state index contributed by atoms with van der Waals surface area (Å²) < 4.78 is 88.0. The standard InChI is InChI=1S/C25H34O7.C24H32O7.C24H30O7.C23H30O7/c1-5-6-10-31-18-12-17(22(27)29-4)24(2)9-7-16-23(28)32-19(15-8-11-30-14-15)13-25(16,3)21(24)20(18)26;2*1-5-9-30-17-11-16(21(26)28-4)23(2)8-6-15-22(27)31-18(14-7-10-29-13-14)12-24(15,3)20(23)19(17)25;1-5-29-16-10-15(20(25)27-4)22(2)8-6-14-21(26)30-17(13-7-9-28-12-13)11-23(14,3)19(22)18(16)24/h8,11,14,16-19,21H,5-7,9-10,12-13H2,1-4H3;7,10,13,15-18,20H,5-6,8-9,11-12H2,1-4H3;5,7,10,13,15-18,20H,1,6,8-9,11-12H2,2-4H3;7,9,12,14-17,19H,5-6,8,10-11H2,1-4H3/t16-,17-,18-,19-,21?,24-,25-;2*15-,16-,17-,18-,20?,23-,24-;14-,15-,16-,17-,19?,22-,23-/m0000/s1. The first kappa shape index (κ1) is 92.8. The van der Waals surface area contributed by atoms with Gasteiger partial charge in [0.1, 0.15) is 48.8 Å². The number of rotatable bonds is 20. The van der Waals surface area contributed by atoms with E-state index < -0.39 is 145 Å². The van der Waals surface area contributed by atoms with Crippen LogP contribution >= 0.6 is 0 Å². The van der Waals surface area contributed by atoms with Gasteiger partial charge in [-0.2, -0.15) is 0 Å². The summed E-state index contributed by atoms with van der Waals surface area (Å²) in [6.45, 7) is 27.2. The third-order valence-corrected chi connectivity index (χ3v) is 32.1. The van der Waals surface area contributed by atoms with Gasteiger partial charge >= 0.3 is 47.8 Å². The number of hydrogen-bond acceptors (Lipinski definition) is 28. The lowest BCUT2D eigenvalue weighted by Crippen LogP contribution is -2.64. The van der Waals surface area contributed by atoms with Gasteiger partial charge in [0.05, 0.1) is 132 Å². The number of furan rings is 4. The normalized spacial score (nSPS) is 39.9. The van der Waals surface area contributed by atoms with Crippen LogP contribution in [0.2, 0.25) is 0 Å². The second-order valence-electron chi connectivity index (χ2n) is 38.9. The van der Waals surface area contributed by atoms with Crippen molar-refractivity contribution in [1.82, 2.24) is 0 Å². The molecule has 0 amide bonds. The van der Waals surface area contributed by atoms with Crippen molar-refractivity contribution in [2.45, 2.75) is 247 Å². The van der Waals surface area contributed by atoms with Gasteiger partial charge in [-0.15, -0.1) is 6.58 Å². The number of carbonyl (C=O) groups excluding carboxylic acids is 12. The van der Waals surface area contributed by atoms with Crippen LogP contribution in [0.15, 0.2) is 105 Å². The molecule has 4 aromatic heterocycles. The minimum atomic E-state index is -0.735. The zero-order valence-electron chi connectivity index (χ0n) is 74.5. The predicted molar refractivity (Wildman–Crippen MR) is 439 cm³/mol. The molecule has 0 spiro atoms. The maximum atomic E-state index is 13.9. The summed E-state index contributed by atoms with van der Waals surface area (Å²) >= 11 is 0. The molecule has 28 atom stereocenters. The third kappa shape index (κ3) is 16.3. The average molecular weight is 1730 g/mol. The lowest BCUT2D eigenvalue weighted by molar-refractivity contribution is -0.211. The van der Waals surface area contributed by atoms with Crippen molar-refractivity contribution < 1.29 is 132 Å². The molecule has 8 aliphatic carbocycles. The molecular weight excluding hydrogens is 1600 g/mol. The molecule has 8 heterocycles. The number of hydrogen-bond donors (Lipinski definition) is 0. The van der Waals surface area contributed by atoms with E-state index in [-0.39, 0.29) is 102 Å². The summed E-state index contributed by atoms with van der Waals surface area (Å²) in [5, 5.41) is 0. The Balaban J connectivity index is 0.000000142. The first-order chi connectivity index (χ1) is 59.0. The molecular formula is C96H126O28. The molecule has 0 bridgehead atoms. The zero-order valence-corrected chi connectivity index (χ0v) is 74.5. The number of fused-ring (bicyclic) bond motifs is 12. The van der Waals surface area contributed by atoms with Crippen LogP contribution in [0.1, 0.15) is 245 Å². The highest BCUT2D eigenvalue weighted by Gasteiger charge is 2.73. The average Bonchev–Trinajstić information content (AvgIpc) is 0.852. The minimum Gasteiger partial charge on any atom is -0.472 e. The van der Waals surface area contributed by atoms with Crippen LogP contribution in [0.25, 0.3) is 0 Å². The molecule has 12 aliphatic rings. The Morgan fingerprint density at radius 3 is 0.855 bits per heavy atom. The summed E-state index contributed by atoms with van der Waals surface area (Å²) in [6, 6.07) is 7.14. The fourth-order valence-electron chi connectivity index (χ4n) is 26.2. The van der Waals surface area contributed by atoms with Crippen LogP contribution in [-0.4, -0.2) is 150 Å². The van der Waals surface area contributed by atoms with E-state index in [2.05, 4.69) is 13.5 Å². The number of methoxy groups -OCH3 is 4. The van der Waals surface area contributed by atoms with Gasteiger partial charge in [0.15, 0.2) is 23.1 Å². The first-order valence-corrected chi connectivity index (χ1v) is 44.5. The van der Waals surface area contributed by atoms with Crippen LogP contribution in [0.4, 0.5) is 0 Å². The maximum absolute atomic E-state index is 13.9. The second-order valence-corrected chi connectivity index (χ2v) is 38.9. The Labute approximate surface area is 725 Å². The smallest absolute Gasteiger partial charge is 0.310 e. The number of carbonyl (C=O) groups is 12. The van der Waals surface area contributed by atoms with Crippen molar-refractivity contribution >= 4 is 70.9 Å². The van der Waals surface area contributed by atoms with Gasteiger partial charge < -0.3 is 74.5 Å². The minimum absolute atomic E-state index is 0.00365. The number of esters is 8. The third-order valence-electron chi connectivity index (χ3n) is 32.1. The Hall–Kier alpha value is -8.86. The fraction of sp³-hybridized carbons (Fsp3) is 0.688. The molecule has 28 nitrogen and oxygen atoms in total. The molecule has 0 radical (unpaired) electrons. The van der Waals surface area contributed by atoms with Crippen molar-refractivity contribution in [3.05, 3.63) is 109 Å². The quantitative estimate of drug-likeness (QED) is 0.0343. The summed E-state index contributed by atoms with van der Waals surface area (Å²) in [5.41, 5.74) is -1.92. The van der Waals surface area contributed by atoms with Crippen molar-refractivity contribution in [2.75, 3.05) is 54.9 Å². The highest BCUT2D eigenvalue weighted by molar-refractivity contribution is 5.95. The first-order valence-electron chi connectivity index (χ1n) is 44.5. The van der Waals surface area contributed by atoms with Crippen LogP contribution in [0, 0.1) is 114 Å². The Kier molecular flexibility index (Phi) is 27.6. The Bertz CT molecular complexity index is 4540. The molecule has 12 fully saturated rings. The van der Waals surface area contributed by atoms with Gasteiger partial charge in [-0.05, 0) is 190 Å². The predicted octanol–water partition coefficient (Wildman–Crippen LogP) is 15.2. The van der Waals surface area contributed by atoms with E-state index in [1.165, 1.54) is 28.4 Å². The van der Waals surface area contributed by atoms with Gasteiger partial charge in [-0.3, -0.25) is 57.5 Å². The van der Waals surface area contributed by atoms with E-state index in [9.17, 15) is 57.5 Å². The van der Waals surface area contributed by atoms with E-state index in [4.69, 9.17) is 74.5 Å². The fourth-order valence-corrected chi connectivity index (χ4v) is 26.2. The Morgan fingerprint density at radius 2 is 0.629 bits per heavy atom. The van der Waals surface area contributed by atoms with Crippen LogP contribution in [0.5, 0.6) is 0 Å². The van der Waals surface area contributed by atoms with Crippen molar-refractivity contribution in [3.8, 4) is 0 Å². The highest BCUT2D eigenvalue weighted by atomic mass is 16.6. The van der Waals surface area contributed by atoms with Crippen LogP contribution < -0.4 is 0 Å². The van der Waals surface area contributed by atoms with Crippen molar-refractivity contribution in [3.63, 3.8) is 0 Å². The maximum Gasteiger partial charge on any atom is 0.310 e. The van der Waals surface area contributed by atoms with E-state index >= 15 is 0 Å². The highest BCUT2D eigenvalue weighted by Crippen LogP contribution is 2.70. The molecule has 678 valence electrons.